The highest BCUT2D eigenvalue weighted by Crippen LogP contribution is 2.49. The number of fused-ring (bicyclic) bond motifs is 2. The van der Waals surface area contributed by atoms with Gasteiger partial charge in [0.15, 0.2) is 11.0 Å². The van der Waals surface area contributed by atoms with Crippen molar-refractivity contribution in [2.75, 3.05) is 5.32 Å². The number of nitrogens with one attached hydrogen (secondary N) is 1. The summed E-state index contributed by atoms with van der Waals surface area (Å²) >= 11 is 11.7. The fraction of sp³-hybridized carbons (Fsp3) is 0.615. The first-order chi connectivity index (χ1) is 9.13. The van der Waals surface area contributed by atoms with Crippen molar-refractivity contribution < 1.29 is 4.79 Å². The second-order valence-electron chi connectivity index (χ2n) is 5.51. The minimum Gasteiger partial charge on any atom is -0.309 e. The molecule has 1 heterocycles. The van der Waals surface area contributed by atoms with E-state index < -0.39 is 0 Å². The Kier molecular flexibility index (Phi) is 3.63. The number of nitrogens with zero attached hydrogens (tertiary/aromatic N) is 2. The summed E-state index contributed by atoms with van der Waals surface area (Å²) in [5.74, 6) is 2.37. The average Bonchev–Trinajstić information content (AvgIpc) is 2.97. The van der Waals surface area contributed by atoms with Crippen molar-refractivity contribution >= 4 is 34.9 Å². The number of rotatable bonds is 3. The lowest BCUT2D eigenvalue weighted by Gasteiger charge is -2.20. The summed E-state index contributed by atoms with van der Waals surface area (Å²) in [7, 11) is 0. The van der Waals surface area contributed by atoms with Crippen LogP contribution in [0.5, 0.6) is 0 Å². The van der Waals surface area contributed by atoms with Gasteiger partial charge < -0.3 is 5.32 Å². The number of aromatic nitrogens is 2. The van der Waals surface area contributed by atoms with E-state index in [1.165, 1.54) is 32.0 Å². The predicted molar refractivity (Wildman–Crippen MR) is 74.2 cm³/mol. The number of hydrogen-bond donors (Lipinski definition) is 1. The smallest absolute Gasteiger partial charge is 0.225 e. The Bertz CT molecular complexity index is 509. The first-order valence-electron chi connectivity index (χ1n) is 6.59. The van der Waals surface area contributed by atoms with Crippen LogP contribution >= 0.6 is 23.2 Å². The summed E-state index contributed by atoms with van der Waals surface area (Å²) in [4.78, 5) is 19.7. The monoisotopic (exact) mass is 299 g/mol. The fourth-order valence-electron chi connectivity index (χ4n) is 3.48. The maximum Gasteiger partial charge on any atom is 0.225 e. The van der Waals surface area contributed by atoms with Crippen molar-refractivity contribution in [2.24, 2.45) is 17.8 Å². The van der Waals surface area contributed by atoms with Crippen molar-refractivity contribution in [3.8, 4) is 0 Å². The van der Waals surface area contributed by atoms with Crippen molar-refractivity contribution in [1.82, 2.24) is 9.97 Å². The molecule has 2 fully saturated rings. The molecule has 2 bridgehead atoms. The van der Waals surface area contributed by atoms with Crippen LogP contribution < -0.4 is 5.32 Å². The van der Waals surface area contributed by atoms with E-state index in [1.807, 2.05) is 0 Å². The van der Waals surface area contributed by atoms with Gasteiger partial charge in [0.05, 0.1) is 0 Å². The zero-order chi connectivity index (χ0) is 13.4. The molecule has 2 aliphatic carbocycles. The van der Waals surface area contributed by atoms with Crippen LogP contribution in [0.1, 0.15) is 32.1 Å². The molecule has 3 rings (SSSR count). The van der Waals surface area contributed by atoms with Crippen LogP contribution in [0.25, 0.3) is 0 Å². The maximum atomic E-state index is 12.0. The SMILES string of the molecule is O=C(CC1CC2CCC1C2)Nc1ncnc(Cl)c1Cl. The molecule has 1 aromatic rings. The lowest BCUT2D eigenvalue weighted by Crippen LogP contribution is -2.21. The van der Waals surface area contributed by atoms with Gasteiger partial charge >= 0.3 is 0 Å². The Labute approximate surface area is 121 Å². The molecule has 3 unspecified atom stereocenters. The number of anilines is 1. The third kappa shape index (κ3) is 2.70. The first kappa shape index (κ1) is 13.1. The van der Waals surface area contributed by atoms with Crippen LogP contribution in [0.15, 0.2) is 6.33 Å². The summed E-state index contributed by atoms with van der Waals surface area (Å²) in [6, 6.07) is 0. The van der Waals surface area contributed by atoms with Gasteiger partial charge in [-0.05, 0) is 37.0 Å². The second-order valence-corrected chi connectivity index (χ2v) is 6.25. The molecule has 0 aliphatic heterocycles. The Morgan fingerprint density at radius 1 is 1.32 bits per heavy atom. The normalized spacial score (nSPS) is 28.6. The van der Waals surface area contributed by atoms with Crippen LogP contribution in [0, 0.1) is 17.8 Å². The standard InChI is InChI=1S/C13H15Cl2N3O/c14-11-12(15)16-6-17-13(11)18-10(19)5-9-4-7-1-2-8(9)3-7/h6-9H,1-5H2,(H,16,17,18,19). The molecule has 19 heavy (non-hydrogen) atoms. The first-order valence-corrected chi connectivity index (χ1v) is 7.35. The van der Waals surface area contributed by atoms with Gasteiger partial charge in [-0.25, -0.2) is 9.97 Å². The van der Waals surface area contributed by atoms with Crippen molar-refractivity contribution in [2.45, 2.75) is 32.1 Å². The maximum absolute atomic E-state index is 12.0. The Morgan fingerprint density at radius 3 is 2.84 bits per heavy atom. The van der Waals surface area contributed by atoms with Gasteiger partial charge in [-0.15, -0.1) is 0 Å². The molecule has 4 nitrogen and oxygen atoms in total. The van der Waals surface area contributed by atoms with Crippen molar-refractivity contribution in [3.63, 3.8) is 0 Å². The molecule has 0 spiro atoms. The second kappa shape index (κ2) is 5.25. The molecular weight excluding hydrogens is 285 g/mol. The summed E-state index contributed by atoms with van der Waals surface area (Å²) in [6.07, 6.45) is 6.97. The van der Waals surface area contributed by atoms with Crippen LogP contribution in [0.3, 0.4) is 0 Å². The van der Waals surface area contributed by atoms with E-state index in [0.29, 0.717) is 18.2 Å². The number of amides is 1. The Hall–Kier alpha value is -0.870. The van der Waals surface area contributed by atoms with Gasteiger partial charge in [0.25, 0.3) is 0 Å². The van der Waals surface area contributed by atoms with Gasteiger partial charge in [-0.3, -0.25) is 4.79 Å². The van der Waals surface area contributed by atoms with Gasteiger partial charge in [-0.2, -0.15) is 0 Å². The van der Waals surface area contributed by atoms with Crippen LogP contribution in [0.4, 0.5) is 5.82 Å². The summed E-state index contributed by atoms with van der Waals surface area (Å²) < 4.78 is 0. The number of halogens is 2. The molecule has 6 heteroatoms. The van der Waals surface area contributed by atoms with E-state index >= 15 is 0 Å². The largest absolute Gasteiger partial charge is 0.309 e. The third-order valence-electron chi connectivity index (χ3n) is 4.34. The minimum atomic E-state index is -0.0331. The molecule has 1 amide bonds. The molecular formula is C13H15Cl2N3O. The summed E-state index contributed by atoms with van der Waals surface area (Å²) in [6.45, 7) is 0. The topological polar surface area (TPSA) is 54.9 Å². The molecule has 0 aromatic carbocycles. The van der Waals surface area contributed by atoms with Gasteiger partial charge in [0.1, 0.15) is 11.3 Å². The molecule has 2 aliphatic rings. The van der Waals surface area contributed by atoms with E-state index in [0.717, 1.165) is 11.8 Å². The summed E-state index contributed by atoms with van der Waals surface area (Å²) in [5.41, 5.74) is 0. The van der Waals surface area contributed by atoms with Crippen LogP contribution in [0.2, 0.25) is 10.2 Å². The molecule has 0 saturated heterocycles. The minimum absolute atomic E-state index is 0.0331. The average molecular weight is 300 g/mol. The zero-order valence-corrected chi connectivity index (χ0v) is 11.9. The van der Waals surface area contributed by atoms with E-state index in [9.17, 15) is 4.79 Å². The quantitative estimate of drug-likeness (QED) is 0.869. The van der Waals surface area contributed by atoms with E-state index in [2.05, 4.69) is 15.3 Å². The Balaban J connectivity index is 1.61. The molecule has 3 atom stereocenters. The van der Waals surface area contributed by atoms with Crippen LogP contribution in [-0.2, 0) is 4.79 Å². The third-order valence-corrected chi connectivity index (χ3v) is 5.08. The highest BCUT2D eigenvalue weighted by molar-refractivity contribution is 6.42. The van der Waals surface area contributed by atoms with E-state index in [4.69, 9.17) is 23.2 Å². The van der Waals surface area contributed by atoms with Crippen molar-refractivity contribution in [1.29, 1.82) is 0 Å². The lowest BCUT2D eigenvalue weighted by molar-refractivity contribution is -0.117. The molecule has 1 aromatic heterocycles. The van der Waals surface area contributed by atoms with Crippen LogP contribution in [-0.4, -0.2) is 15.9 Å². The molecule has 1 N–H and O–H groups in total. The van der Waals surface area contributed by atoms with E-state index in [-0.39, 0.29) is 16.1 Å². The molecule has 0 radical (unpaired) electrons. The molecule has 102 valence electrons. The predicted octanol–water partition coefficient (Wildman–Crippen LogP) is 3.55. The van der Waals surface area contributed by atoms with E-state index in [1.54, 1.807) is 0 Å². The van der Waals surface area contributed by atoms with Gasteiger partial charge in [0.2, 0.25) is 5.91 Å². The zero-order valence-electron chi connectivity index (χ0n) is 10.4. The summed E-state index contributed by atoms with van der Waals surface area (Å²) in [5, 5.41) is 3.09. The number of hydrogen-bond acceptors (Lipinski definition) is 3. The number of carbonyl (C=O) groups is 1. The fourth-order valence-corrected chi connectivity index (χ4v) is 3.76. The highest BCUT2D eigenvalue weighted by Gasteiger charge is 2.40. The lowest BCUT2D eigenvalue weighted by atomic mass is 9.86. The highest BCUT2D eigenvalue weighted by atomic mass is 35.5. The van der Waals surface area contributed by atoms with Gasteiger partial charge in [0, 0.05) is 6.42 Å². The Morgan fingerprint density at radius 2 is 2.16 bits per heavy atom. The van der Waals surface area contributed by atoms with Gasteiger partial charge in [-0.1, -0.05) is 29.6 Å². The van der Waals surface area contributed by atoms with Crippen molar-refractivity contribution in [3.05, 3.63) is 16.5 Å². The molecule has 2 saturated carbocycles. The number of carbonyl (C=O) groups excluding carboxylic acids is 1.